The molecule has 0 saturated heterocycles. The predicted octanol–water partition coefficient (Wildman–Crippen LogP) is 11.9. The minimum Gasteiger partial charge on any atom is -0.311 e. The van der Waals surface area contributed by atoms with Crippen molar-refractivity contribution >= 4 is 57.2 Å². The number of benzene rings is 7. The van der Waals surface area contributed by atoms with E-state index in [1.54, 1.807) is 22.3 Å². The van der Waals surface area contributed by atoms with Crippen LogP contribution in [0.5, 0.6) is 0 Å². The lowest BCUT2D eigenvalue weighted by Crippen LogP contribution is -2.61. The van der Waals surface area contributed by atoms with Gasteiger partial charge >= 0.3 is 0 Å². The summed E-state index contributed by atoms with van der Waals surface area (Å²) in [4.78, 5) is 5.27. The fourth-order valence-corrected chi connectivity index (χ4v) is 15.5. The monoisotopic (exact) mass is 756 g/mol. The molecule has 2 aliphatic heterocycles. The zero-order valence-corrected chi connectivity index (χ0v) is 33.4. The van der Waals surface area contributed by atoms with Gasteiger partial charge in [-0.2, -0.15) is 0 Å². The van der Waals surface area contributed by atoms with Crippen LogP contribution in [0.1, 0.15) is 73.6 Å². The van der Waals surface area contributed by atoms with Gasteiger partial charge in [-0.25, -0.2) is 0 Å². The smallest absolute Gasteiger partial charge is 0.252 e. The molecule has 2 spiro atoms. The van der Waals surface area contributed by atoms with Crippen molar-refractivity contribution in [3.63, 3.8) is 0 Å². The highest BCUT2D eigenvalue weighted by molar-refractivity contribution is 7.00. The van der Waals surface area contributed by atoms with Gasteiger partial charge in [0.15, 0.2) is 0 Å². The maximum Gasteiger partial charge on any atom is 0.252 e. The maximum atomic E-state index is 2.66. The van der Waals surface area contributed by atoms with E-state index >= 15 is 0 Å². The van der Waals surface area contributed by atoms with Crippen molar-refractivity contribution in [1.29, 1.82) is 0 Å². The van der Waals surface area contributed by atoms with E-state index in [0.29, 0.717) is 0 Å². The average molecular weight is 757 g/mol. The number of rotatable bonds is 2. The summed E-state index contributed by atoms with van der Waals surface area (Å²) in [6.07, 6.45) is 10.9. The van der Waals surface area contributed by atoms with Crippen LogP contribution in [-0.4, -0.2) is 6.71 Å². The molecule has 4 saturated carbocycles. The molecule has 6 atom stereocenters. The molecule has 59 heavy (non-hydrogen) atoms. The first kappa shape index (κ1) is 32.1. The molecule has 6 aliphatic carbocycles. The van der Waals surface area contributed by atoms with Gasteiger partial charge < -0.3 is 9.80 Å². The summed E-state index contributed by atoms with van der Waals surface area (Å²) in [6, 6.07) is 59.5. The fourth-order valence-electron chi connectivity index (χ4n) is 15.5. The number of anilines is 6. The van der Waals surface area contributed by atoms with E-state index in [9.17, 15) is 0 Å². The summed E-state index contributed by atoms with van der Waals surface area (Å²) in [5, 5.41) is 0. The van der Waals surface area contributed by atoms with Crippen LogP contribution >= 0.6 is 0 Å². The van der Waals surface area contributed by atoms with Crippen LogP contribution in [0.25, 0.3) is 22.3 Å². The lowest BCUT2D eigenvalue weighted by molar-refractivity contribution is 0.327. The van der Waals surface area contributed by atoms with Crippen LogP contribution < -0.4 is 26.2 Å². The van der Waals surface area contributed by atoms with Crippen molar-refractivity contribution in [3.05, 3.63) is 174 Å². The minimum atomic E-state index is 0.116. The Morgan fingerprint density at radius 2 is 1.05 bits per heavy atom. The highest BCUT2D eigenvalue weighted by Gasteiger charge is 2.59. The van der Waals surface area contributed by atoms with Crippen LogP contribution in [0.3, 0.4) is 0 Å². The Balaban J connectivity index is 0.980. The van der Waals surface area contributed by atoms with Crippen molar-refractivity contribution in [2.24, 2.45) is 23.7 Å². The molecule has 4 fully saturated rings. The number of hydrogen-bond acceptors (Lipinski definition) is 2. The van der Waals surface area contributed by atoms with Crippen LogP contribution in [0.2, 0.25) is 0 Å². The van der Waals surface area contributed by atoms with E-state index in [0.717, 1.165) is 23.7 Å². The Labute approximate surface area is 347 Å². The molecule has 0 N–H and O–H groups in total. The van der Waals surface area contributed by atoms with Crippen molar-refractivity contribution in [2.75, 3.05) is 9.80 Å². The maximum absolute atomic E-state index is 2.66. The second kappa shape index (κ2) is 11.1. The Bertz CT molecular complexity index is 2990. The number of fused-ring (bicyclic) bond motifs is 21. The van der Waals surface area contributed by atoms with E-state index in [1.165, 1.54) is 124 Å². The van der Waals surface area contributed by atoms with Crippen molar-refractivity contribution < 1.29 is 0 Å². The topological polar surface area (TPSA) is 6.48 Å². The third kappa shape index (κ3) is 3.75. The first-order valence-corrected chi connectivity index (χ1v) is 22.6. The van der Waals surface area contributed by atoms with Gasteiger partial charge in [0.05, 0.1) is 0 Å². The normalized spacial score (nSPS) is 27.5. The number of para-hydroxylation sites is 2. The highest BCUT2D eigenvalue weighted by Crippen LogP contribution is 2.68. The van der Waals surface area contributed by atoms with Gasteiger partial charge in [-0.05, 0) is 160 Å². The third-order valence-electron chi connectivity index (χ3n) is 17.4. The van der Waals surface area contributed by atoms with Crippen LogP contribution in [0.4, 0.5) is 34.1 Å². The molecule has 3 heteroatoms. The minimum absolute atomic E-state index is 0.116. The molecule has 2 heterocycles. The lowest BCUT2D eigenvalue weighted by atomic mass is 9.33. The Morgan fingerprint density at radius 3 is 1.80 bits per heavy atom. The van der Waals surface area contributed by atoms with Crippen LogP contribution in [0.15, 0.2) is 152 Å². The predicted molar refractivity (Wildman–Crippen MR) is 244 cm³/mol. The first-order chi connectivity index (χ1) is 29.2. The first-order valence-electron chi connectivity index (χ1n) is 22.6. The van der Waals surface area contributed by atoms with E-state index < -0.39 is 0 Å². The zero-order chi connectivity index (χ0) is 38.2. The molecule has 0 amide bonds. The molecular weight excluding hydrogens is 711 g/mol. The zero-order valence-electron chi connectivity index (χ0n) is 33.4. The summed E-state index contributed by atoms with van der Waals surface area (Å²) < 4.78 is 0. The molecule has 282 valence electrons. The molecule has 4 bridgehead atoms. The van der Waals surface area contributed by atoms with Gasteiger partial charge in [-0.15, -0.1) is 0 Å². The van der Waals surface area contributed by atoms with Crippen LogP contribution in [0, 0.1) is 23.7 Å². The fraction of sp³-hybridized carbons (Fsp3) is 0.250. The molecular formula is C56H45BN2. The van der Waals surface area contributed by atoms with Gasteiger partial charge in [0, 0.05) is 50.5 Å². The number of nitrogens with zero attached hydrogens (tertiary/aromatic N) is 2. The summed E-state index contributed by atoms with van der Waals surface area (Å²) >= 11 is 0. The largest absolute Gasteiger partial charge is 0.311 e. The average Bonchev–Trinajstić information content (AvgIpc) is 4.17. The summed E-state index contributed by atoms with van der Waals surface area (Å²) in [7, 11) is 0. The molecule has 0 unspecified atom stereocenters. The van der Waals surface area contributed by atoms with Gasteiger partial charge in [0.2, 0.25) is 0 Å². The molecule has 7 aromatic rings. The molecule has 15 rings (SSSR count). The third-order valence-corrected chi connectivity index (χ3v) is 17.4. The molecule has 0 aromatic heterocycles. The van der Waals surface area contributed by atoms with Gasteiger partial charge in [0.25, 0.3) is 6.71 Å². The van der Waals surface area contributed by atoms with Crippen molar-refractivity contribution in [2.45, 2.75) is 62.2 Å². The molecule has 2 nitrogen and oxygen atoms in total. The number of hydrogen-bond donors (Lipinski definition) is 0. The summed E-state index contributed by atoms with van der Waals surface area (Å²) in [6.45, 7) is 0.116. The lowest BCUT2D eigenvalue weighted by Gasteiger charge is -2.45. The van der Waals surface area contributed by atoms with Crippen molar-refractivity contribution in [1.82, 2.24) is 0 Å². The quantitative estimate of drug-likeness (QED) is 0.162. The second-order valence-electron chi connectivity index (χ2n) is 19.6. The van der Waals surface area contributed by atoms with E-state index in [4.69, 9.17) is 0 Å². The standard InChI is InChI=1S/C56H45BN2/c1-2-11-38(12-3-1)59-51-20-10-19-50-53(51)57(48-28-27-46-52(54(48)59)41-14-5-7-16-44(41)56(46)33-35-22-24-37(56)30-35)47-17-8-9-18-49(47)58(50)39-25-26-45-42(31-39)40-13-4-6-15-43(40)55(45)32-34-21-23-36(55)29-34/h1-20,25-28,31,34-37H,21-24,29-30,32-33H2/t34-,35-,36+,37+,55+,56+/m0/s1. The van der Waals surface area contributed by atoms with E-state index in [2.05, 4.69) is 161 Å². The molecule has 7 aromatic carbocycles. The SMILES string of the molecule is c1ccc(N2c3cccc4c3B(c3ccccc3N4c3ccc4c(c3)-c3ccccc3[C@]43C[C@H]4CC[C@@H]3C4)c3ccc4c(c32)-c2ccccc2[C@]42C[C@H]3CC[C@@H]2C3)cc1. The van der Waals surface area contributed by atoms with Crippen molar-refractivity contribution in [3.8, 4) is 22.3 Å². The Morgan fingerprint density at radius 1 is 0.441 bits per heavy atom. The Hall–Kier alpha value is -5.80. The molecule has 8 aliphatic rings. The van der Waals surface area contributed by atoms with Crippen LogP contribution in [-0.2, 0) is 10.8 Å². The summed E-state index contributed by atoms with van der Waals surface area (Å²) in [5.41, 5.74) is 24.5. The van der Waals surface area contributed by atoms with E-state index in [-0.39, 0.29) is 17.5 Å². The Kier molecular flexibility index (Phi) is 6.02. The molecule has 0 radical (unpaired) electrons. The van der Waals surface area contributed by atoms with Gasteiger partial charge in [0.1, 0.15) is 0 Å². The highest BCUT2D eigenvalue weighted by atomic mass is 15.2. The van der Waals surface area contributed by atoms with E-state index in [1.807, 2.05) is 0 Å². The van der Waals surface area contributed by atoms with Gasteiger partial charge in [-0.3, -0.25) is 0 Å². The second-order valence-corrected chi connectivity index (χ2v) is 19.6. The summed E-state index contributed by atoms with van der Waals surface area (Å²) in [5.74, 6) is 3.19. The van der Waals surface area contributed by atoms with Gasteiger partial charge in [-0.1, -0.05) is 122 Å².